The van der Waals surface area contributed by atoms with Gasteiger partial charge in [0, 0.05) is 24.6 Å². The summed E-state index contributed by atoms with van der Waals surface area (Å²) < 4.78 is 0.563. The molecule has 4 saturated heterocycles. The van der Waals surface area contributed by atoms with Crippen LogP contribution in [0.5, 0.6) is 0 Å². The molecule has 1 saturated carbocycles. The molecule has 5 rings (SSSR count). The number of piperidine rings is 3. The van der Waals surface area contributed by atoms with Gasteiger partial charge in [0.2, 0.25) is 0 Å². The molecule has 4 heteroatoms. The molecule has 5 fully saturated rings. The van der Waals surface area contributed by atoms with E-state index in [2.05, 4.69) is 28.4 Å². The van der Waals surface area contributed by atoms with Crippen molar-refractivity contribution in [1.82, 2.24) is 4.90 Å². The Morgan fingerprint density at radius 1 is 1.07 bits per heavy atom. The molecule has 0 aromatic heterocycles. The third kappa shape index (κ3) is 1.12. The molecule has 4 bridgehead atoms. The Balaban J connectivity index is 1.71. The fourth-order valence-corrected chi connectivity index (χ4v) is 7.97. The lowest BCUT2D eigenvalue weighted by Gasteiger charge is -2.62. The summed E-state index contributed by atoms with van der Waals surface area (Å²) in [7, 11) is 0. The van der Waals surface area contributed by atoms with Crippen molar-refractivity contribution < 1.29 is 5.11 Å². The van der Waals surface area contributed by atoms with E-state index in [4.69, 9.17) is 0 Å². The van der Waals surface area contributed by atoms with E-state index in [1.165, 1.54) is 24.3 Å². The predicted molar refractivity (Wildman–Crippen MR) is 64.9 cm³/mol. The summed E-state index contributed by atoms with van der Waals surface area (Å²) in [6.45, 7) is 2.32. The van der Waals surface area contributed by atoms with Gasteiger partial charge in [0.1, 0.15) is 6.23 Å². The van der Waals surface area contributed by atoms with Crippen LogP contribution in [0.25, 0.3) is 0 Å². The number of hydrogen-bond acceptors (Lipinski definition) is 4. The molecule has 1 spiro atoms. The minimum atomic E-state index is -0.105. The van der Waals surface area contributed by atoms with E-state index in [-0.39, 0.29) is 6.23 Å². The molecule has 5 aliphatic rings. The van der Waals surface area contributed by atoms with Crippen LogP contribution in [-0.4, -0.2) is 44.9 Å². The van der Waals surface area contributed by atoms with E-state index < -0.39 is 0 Å². The van der Waals surface area contributed by atoms with Crippen molar-refractivity contribution in [2.24, 2.45) is 17.8 Å². The lowest BCUT2D eigenvalue weighted by Crippen LogP contribution is -2.67. The molecule has 4 aliphatic heterocycles. The van der Waals surface area contributed by atoms with Gasteiger partial charge in [-0.15, -0.1) is 23.5 Å². The predicted octanol–water partition coefficient (Wildman–Crippen LogP) is 1.45. The summed E-state index contributed by atoms with van der Waals surface area (Å²) in [4.78, 5) is 2.34. The van der Waals surface area contributed by atoms with Crippen LogP contribution >= 0.6 is 23.5 Å². The standard InChI is InChI=1S/C11H17NOS2/c13-10-7-3-8-5-12(10)6-9(4-7)11(8)14-1-2-15-11/h7-10,13H,1-6H2/t8-,9-,10+/m0/s1. The van der Waals surface area contributed by atoms with Gasteiger partial charge in [0.15, 0.2) is 0 Å². The summed E-state index contributed by atoms with van der Waals surface area (Å²) in [6.07, 6.45) is 2.47. The average Bonchev–Trinajstić information content (AvgIpc) is 2.66. The topological polar surface area (TPSA) is 23.5 Å². The fourth-order valence-electron chi connectivity index (χ4n) is 4.21. The van der Waals surface area contributed by atoms with Crippen LogP contribution in [-0.2, 0) is 0 Å². The van der Waals surface area contributed by atoms with E-state index in [1.54, 1.807) is 0 Å². The van der Waals surface area contributed by atoms with Crippen molar-refractivity contribution in [2.75, 3.05) is 24.6 Å². The number of thioether (sulfide) groups is 2. The molecule has 0 aromatic rings. The van der Waals surface area contributed by atoms with Crippen LogP contribution in [0, 0.1) is 17.8 Å². The average molecular weight is 243 g/mol. The van der Waals surface area contributed by atoms with Crippen LogP contribution in [0.3, 0.4) is 0 Å². The molecule has 0 radical (unpaired) electrons. The van der Waals surface area contributed by atoms with Crippen LogP contribution < -0.4 is 0 Å². The first-order valence-corrected chi connectivity index (χ1v) is 7.97. The number of nitrogens with zero attached hydrogens (tertiary/aromatic N) is 1. The van der Waals surface area contributed by atoms with Crippen molar-refractivity contribution in [3.8, 4) is 0 Å². The van der Waals surface area contributed by atoms with Gasteiger partial charge in [-0.25, -0.2) is 0 Å². The molecule has 2 nitrogen and oxygen atoms in total. The van der Waals surface area contributed by atoms with Gasteiger partial charge in [0.25, 0.3) is 0 Å². The molecule has 0 amide bonds. The maximum Gasteiger partial charge on any atom is 0.110 e. The monoisotopic (exact) mass is 243 g/mol. The van der Waals surface area contributed by atoms with Gasteiger partial charge >= 0.3 is 0 Å². The Kier molecular flexibility index (Phi) is 1.98. The largest absolute Gasteiger partial charge is 0.378 e. The summed E-state index contributed by atoms with van der Waals surface area (Å²) in [5.74, 6) is 5.01. The highest BCUT2D eigenvalue weighted by Crippen LogP contribution is 2.64. The molecule has 84 valence electrons. The van der Waals surface area contributed by atoms with Crippen LogP contribution in [0.2, 0.25) is 0 Å². The normalized spacial score (nSPS) is 55.4. The van der Waals surface area contributed by atoms with Crippen LogP contribution in [0.15, 0.2) is 0 Å². The smallest absolute Gasteiger partial charge is 0.110 e. The summed E-state index contributed by atoms with van der Waals surface area (Å²) in [5.41, 5.74) is 0. The van der Waals surface area contributed by atoms with Gasteiger partial charge in [-0.2, -0.15) is 0 Å². The minimum absolute atomic E-state index is 0.105. The van der Waals surface area contributed by atoms with Crippen molar-refractivity contribution in [3.63, 3.8) is 0 Å². The van der Waals surface area contributed by atoms with Crippen LogP contribution in [0.4, 0.5) is 0 Å². The van der Waals surface area contributed by atoms with Gasteiger partial charge in [-0.1, -0.05) is 0 Å². The molecule has 1 aliphatic carbocycles. The molecular weight excluding hydrogens is 226 g/mol. The van der Waals surface area contributed by atoms with E-state index in [0.29, 0.717) is 10.00 Å². The Hall–Kier alpha value is 0.620. The number of hydrogen-bond donors (Lipinski definition) is 1. The summed E-state index contributed by atoms with van der Waals surface area (Å²) in [5, 5.41) is 10.1. The zero-order valence-electron chi connectivity index (χ0n) is 8.76. The van der Waals surface area contributed by atoms with Gasteiger partial charge in [0.05, 0.1) is 4.08 Å². The van der Waals surface area contributed by atoms with Crippen molar-refractivity contribution >= 4 is 23.5 Å². The van der Waals surface area contributed by atoms with Gasteiger partial charge in [-0.05, 0) is 30.6 Å². The second-order valence-electron chi connectivity index (χ2n) is 5.41. The first-order chi connectivity index (χ1) is 7.29. The first-order valence-electron chi connectivity index (χ1n) is 5.99. The molecule has 0 aromatic carbocycles. The van der Waals surface area contributed by atoms with Gasteiger partial charge in [-0.3, -0.25) is 4.90 Å². The quantitative estimate of drug-likeness (QED) is 0.696. The zero-order valence-corrected chi connectivity index (χ0v) is 10.4. The Morgan fingerprint density at radius 3 is 2.20 bits per heavy atom. The Labute approximate surface area is 99.2 Å². The van der Waals surface area contributed by atoms with Crippen molar-refractivity contribution in [3.05, 3.63) is 0 Å². The highest BCUT2D eigenvalue weighted by Gasteiger charge is 2.61. The van der Waals surface area contributed by atoms with E-state index >= 15 is 0 Å². The van der Waals surface area contributed by atoms with E-state index in [0.717, 1.165) is 24.9 Å². The Morgan fingerprint density at radius 2 is 1.67 bits per heavy atom. The SMILES string of the molecule is O[C@@H]1C2C[C@H]3CN1C[C@H](C2)C31SCCS1. The van der Waals surface area contributed by atoms with E-state index in [9.17, 15) is 5.11 Å². The van der Waals surface area contributed by atoms with Gasteiger partial charge < -0.3 is 5.11 Å². The number of rotatable bonds is 0. The second kappa shape index (κ2) is 3.09. The number of aliphatic hydroxyl groups excluding tert-OH is 1. The fraction of sp³-hybridized carbons (Fsp3) is 1.00. The molecule has 4 heterocycles. The minimum Gasteiger partial charge on any atom is -0.378 e. The van der Waals surface area contributed by atoms with Crippen molar-refractivity contribution in [2.45, 2.75) is 23.1 Å². The third-order valence-corrected chi connectivity index (χ3v) is 8.77. The summed E-state index contributed by atoms with van der Waals surface area (Å²) >= 11 is 4.47. The molecule has 15 heavy (non-hydrogen) atoms. The second-order valence-corrected chi connectivity index (χ2v) is 8.41. The van der Waals surface area contributed by atoms with Crippen molar-refractivity contribution in [1.29, 1.82) is 0 Å². The highest BCUT2D eigenvalue weighted by atomic mass is 32.2. The molecule has 1 N–H and O–H groups in total. The lowest BCUT2D eigenvalue weighted by molar-refractivity contribution is -0.156. The van der Waals surface area contributed by atoms with Crippen LogP contribution in [0.1, 0.15) is 12.8 Å². The molecule has 0 unspecified atom stereocenters. The maximum absolute atomic E-state index is 10.1. The Bertz CT molecular complexity index is 258. The zero-order chi connectivity index (χ0) is 10.0. The third-order valence-electron chi connectivity index (χ3n) is 4.76. The molecule has 3 atom stereocenters. The highest BCUT2D eigenvalue weighted by molar-refractivity contribution is 8.21. The summed E-state index contributed by atoms with van der Waals surface area (Å²) in [6, 6.07) is 0. The number of aliphatic hydroxyl groups is 1. The lowest BCUT2D eigenvalue weighted by atomic mass is 9.66. The van der Waals surface area contributed by atoms with E-state index in [1.807, 2.05) is 0 Å². The maximum atomic E-state index is 10.1. The first kappa shape index (κ1) is 9.63. The molecular formula is C11H17NOS2.